The van der Waals surface area contributed by atoms with E-state index in [1.165, 1.54) is 12.3 Å². The number of ketones is 1. The second-order valence-electron chi connectivity index (χ2n) is 6.96. The number of aliphatic hydroxyl groups excluding tert-OH is 1. The Labute approximate surface area is 165 Å². The Hall–Kier alpha value is -1.98. The zero-order valence-electron chi connectivity index (χ0n) is 15.8. The molecular weight excluding hydrogens is 393 g/mol. The van der Waals surface area contributed by atoms with Crippen molar-refractivity contribution in [2.45, 2.75) is 44.9 Å². The molecule has 2 rings (SSSR count). The van der Waals surface area contributed by atoms with Gasteiger partial charge in [0.05, 0.1) is 11.5 Å². The summed E-state index contributed by atoms with van der Waals surface area (Å²) in [7, 11) is 0. The number of alkyl halides is 1. The van der Waals surface area contributed by atoms with Crippen molar-refractivity contribution in [3.63, 3.8) is 0 Å². The summed E-state index contributed by atoms with van der Waals surface area (Å²) in [6.07, 6.45) is -3.04. The van der Waals surface area contributed by atoms with Crippen LogP contribution >= 0.6 is 11.8 Å². The summed E-state index contributed by atoms with van der Waals surface area (Å²) in [5.74, 6) is -0.611. The van der Waals surface area contributed by atoms with E-state index in [1.54, 1.807) is 13.8 Å². The van der Waals surface area contributed by atoms with Crippen LogP contribution in [0.5, 0.6) is 0 Å². The van der Waals surface area contributed by atoms with Crippen LogP contribution in [0.4, 0.5) is 10.2 Å². The molecule has 0 spiro atoms. The molecule has 9 nitrogen and oxygen atoms in total. The molecule has 11 heteroatoms. The molecule has 1 aromatic heterocycles. The molecule has 1 aliphatic rings. The molecule has 2 unspecified atom stereocenters. The van der Waals surface area contributed by atoms with Gasteiger partial charge in [-0.05, 0) is 13.0 Å². The zero-order valence-corrected chi connectivity index (χ0v) is 16.6. The van der Waals surface area contributed by atoms with Gasteiger partial charge in [-0.2, -0.15) is 4.98 Å². The van der Waals surface area contributed by atoms with Gasteiger partial charge in [0.2, 0.25) is 0 Å². The number of hydrogen-bond acceptors (Lipinski definition) is 9. The molecule has 1 aromatic rings. The molecule has 0 aliphatic carbocycles. The minimum atomic E-state index is -2.32. The van der Waals surface area contributed by atoms with E-state index in [4.69, 9.17) is 15.2 Å². The Bertz CT molecular complexity index is 784. The lowest BCUT2D eigenvalue weighted by molar-refractivity contribution is -0.147. The van der Waals surface area contributed by atoms with Crippen molar-refractivity contribution in [3.8, 4) is 0 Å². The maximum absolute atomic E-state index is 15.0. The Balaban J connectivity index is 1.93. The molecule has 0 bridgehead atoms. The number of nitrogen functional groups attached to an aromatic ring is 1. The summed E-state index contributed by atoms with van der Waals surface area (Å²) in [6.45, 7) is 4.23. The Morgan fingerprint density at radius 1 is 1.50 bits per heavy atom. The summed E-state index contributed by atoms with van der Waals surface area (Å²) in [6, 6.07) is 1.30. The lowest BCUT2D eigenvalue weighted by Crippen LogP contribution is -2.43. The van der Waals surface area contributed by atoms with Gasteiger partial charge in [-0.3, -0.25) is 14.2 Å². The quantitative estimate of drug-likeness (QED) is 0.573. The number of nitrogens with two attached hydrogens (primary N) is 1. The summed E-state index contributed by atoms with van der Waals surface area (Å²) in [5.41, 5.74) is 2.26. The van der Waals surface area contributed by atoms with Gasteiger partial charge in [0, 0.05) is 12.1 Å². The number of rotatable bonds is 8. The highest BCUT2D eigenvalue weighted by Crippen LogP contribution is 2.40. The molecule has 3 N–H and O–H groups in total. The first-order chi connectivity index (χ1) is 13.0. The summed E-state index contributed by atoms with van der Waals surface area (Å²) < 4.78 is 26.3. The van der Waals surface area contributed by atoms with E-state index in [9.17, 15) is 19.5 Å². The van der Waals surface area contributed by atoms with Crippen molar-refractivity contribution in [3.05, 3.63) is 22.7 Å². The standard InChI is InChI=1S/C17H24FN3O6S/c1-9(2)10(22)7-28-8-13(23)26-6-11-14(24)17(3,18)15(27-11)21-5-4-12(19)20-16(21)25/h4-5,9,11,14-15,24H,6-8H2,1-3H3,(H2,19,20,25)/t11?,14-,15+,17?/m0/s1. The average molecular weight is 417 g/mol. The average Bonchev–Trinajstić information content (AvgIpc) is 2.83. The van der Waals surface area contributed by atoms with Gasteiger partial charge in [-0.1, -0.05) is 13.8 Å². The van der Waals surface area contributed by atoms with Crippen LogP contribution in [0.25, 0.3) is 0 Å². The maximum Gasteiger partial charge on any atom is 0.351 e. The number of aromatic nitrogens is 2. The smallest absolute Gasteiger partial charge is 0.351 e. The fourth-order valence-corrected chi connectivity index (χ4v) is 3.46. The van der Waals surface area contributed by atoms with E-state index >= 15 is 4.39 Å². The van der Waals surface area contributed by atoms with E-state index in [1.807, 2.05) is 0 Å². The molecule has 0 amide bonds. The second kappa shape index (κ2) is 9.01. The molecule has 0 aromatic carbocycles. The van der Waals surface area contributed by atoms with Crippen LogP contribution in [0.2, 0.25) is 0 Å². The molecular formula is C17H24FN3O6S. The summed E-state index contributed by atoms with van der Waals surface area (Å²) >= 11 is 1.11. The van der Waals surface area contributed by atoms with Gasteiger partial charge in [0.25, 0.3) is 0 Å². The first kappa shape index (κ1) is 22.3. The minimum absolute atomic E-state index is 0.0194. The number of Topliss-reactive ketones (excluding diaryl/α,β-unsaturated/α-hetero) is 1. The topological polar surface area (TPSA) is 134 Å². The molecule has 0 saturated carbocycles. The first-order valence-electron chi connectivity index (χ1n) is 8.67. The molecule has 1 saturated heterocycles. The van der Waals surface area contributed by atoms with E-state index in [0.29, 0.717) is 0 Å². The lowest BCUT2D eigenvalue weighted by Gasteiger charge is -2.24. The van der Waals surface area contributed by atoms with Gasteiger partial charge in [-0.25, -0.2) is 9.18 Å². The number of aliphatic hydroxyl groups is 1. The third kappa shape index (κ3) is 5.09. The fourth-order valence-electron chi connectivity index (χ4n) is 2.57. The van der Waals surface area contributed by atoms with Gasteiger partial charge in [0.1, 0.15) is 30.4 Å². The molecule has 0 radical (unpaired) electrons. The predicted octanol–water partition coefficient (Wildman–Crippen LogP) is 0.314. The zero-order chi connectivity index (χ0) is 21.1. The third-order valence-corrected chi connectivity index (χ3v) is 5.27. The van der Waals surface area contributed by atoms with Crippen LogP contribution < -0.4 is 11.4 Å². The van der Waals surface area contributed by atoms with Gasteiger partial charge >= 0.3 is 11.7 Å². The van der Waals surface area contributed by atoms with Gasteiger partial charge in [-0.15, -0.1) is 11.8 Å². The van der Waals surface area contributed by atoms with E-state index in [-0.39, 0.29) is 29.0 Å². The molecule has 2 heterocycles. The molecule has 28 heavy (non-hydrogen) atoms. The number of carbonyl (C=O) groups is 2. The number of carbonyl (C=O) groups excluding carboxylic acids is 2. The third-order valence-electron chi connectivity index (χ3n) is 4.34. The fraction of sp³-hybridized carbons (Fsp3) is 0.647. The van der Waals surface area contributed by atoms with E-state index < -0.39 is 42.4 Å². The Kier molecular flexibility index (Phi) is 7.18. The van der Waals surface area contributed by atoms with Crippen molar-refractivity contribution < 1.29 is 28.6 Å². The Morgan fingerprint density at radius 3 is 2.79 bits per heavy atom. The van der Waals surface area contributed by atoms with Crippen LogP contribution in [0.1, 0.15) is 27.0 Å². The number of esters is 1. The molecule has 4 atom stereocenters. The highest BCUT2D eigenvalue weighted by Gasteiger charge is 2.55. The number of hydrogen-bond donors (Lipinski definition) is 2. The van der Waals surface area contributed by atoms with Crippen LogP contribution in [-0.4, -0.2) is 62.4 Å². The largest absolute Gasteiger partial charge is 0.462 e. The van der Waals surface area contributed by atoms with Crippen molar-refractivity contribution in [1.29, 1.82) is 0 Å². The van der Waals surface area contributed by atoms with Crippen LogP contribution in [0, 0.1) is 5.92 Å². The molecule has 156 valence electrons. The minimum Gasteiger partial charge on any atom is -0.462 e. The number of ether oxygens (including phenoxy) is 2. The Morgan fingerprint density at radius 2 is 2.18 bits per heavy atom. The SMILES string of the molecule is CC(C)C(=O)CSCC(=O)OCC1O[C@@H](n2ccc(N)nc2=O)C(C)(F)[C@H]1O. The number of anilines is 1. The maximum atomic E-state index is 15.0. The summed E-state index contributed by atoms with van der Waals surface area (Å²) in [4.78, 5) is 38.8. The van der Waals surface area contributed by atoms with Crippen molar-refractivity contribution >= 4 is 29.3 Å². The van der Waals surface area contributed by atoms with Crippen molar-refractivity contribution in [2.75, 3.05) is 23.8 Å². The highest BCUT2D eigenvalue weighted by atomic mass is 32.2. The molecule has 1 fully saturated rings. The number of nitrogens with zero attached hydrogens (tertiary/aromatic N) is 2. The van der Waals surface area contributed by atoms with E-state index in [2.05, 4.69) is 4.98 Å². The normalized spacial score (nSPS) is 27.1. The van der Waals surface area contributed by atoms with Crippen molar-refractivity contribution in [1.82, 2.24) is 9.55 Å². The van der Waals surface area contributed by atoms with E-state index in [0.717, 1.165) is 23.3 Å². The second-order valence-corrected chi connectivity index (χ2v) is 7.95. The lowest BCUT2D eigenvalue weighted by atomic mass is 9.98. The van der Waals surface area contributed by atoms with Crippen molar-refractivity contribution in [2.24, 2.45) is 5.92 Å². The van der Waals surface area contributed by atoms with Crippen LogP contribution in [0.15, 0.2) is 17.1 Å². The monoisotopic (exact) mass is 417 g/mol. The van der Waals surface area contributed by atoms with Gasteiger partial charge < -0.3 is 20.3 Å². The van der Waals surface area contributed by atoms with Crippen LogP contribution in [-0.2, 0) is 19.1 Å². The number of halogens is 1. The highest BCUT2D eigenvalue weighted by molar-refractivity contribution is 8.00. The summed E-state index contributed by atoms with van der Waals surface area (Å²) in [5, 5.41) is 10.2. The number of thioether (sulfide) groups is 1. The van der Waals surface area contributed by atoms with Crippen LogP contribution in [0.3, 0.4) is 0 Å². The van der Waals surface area contributed by atoms with Gasteiger partial charge in [0.15, 0.2) is 11.9 Å². The molecule has 1 aliphatic heterocycles. The first-order valence-corrected chi connectivity index (χ1v) is 9.82. The predicted molar refractivity (Wildman–Crippen MR) is 100 cm³/mol.